The maximum atomic E-state index is 13.4. The number of nitrogens with one attached hydrogen (secondary N) is 1. The lowest BCUT2D eigenvalue weighted by molar-refractivity contribution is -0.858. The van der Waals surface area contributed by atoms with E-state index >= 15 is 0 Å². The Morgan fingerprint density at radius 2 is 1.84 bits per heavy atom. The van der Waals surface area contributed by atoms with Gasteiger partial charge in [0.15, 0.2) is 0 Å². The summed E-state index contributed by atoms with van der Waals surface area (Å²) in [5.74, 6) is -1.45. The first-order valence-electron chi connectivity index (χ1n) is 10.2. The van der Waals surface area contributed by atoms with Crippen molar-refractivity contribution in [2.45, 2.75) is 19.4 Å². The van der Waals surface area contributed by atoms with Crippen LogP contribution in [0.1, 0.15) is 29.2 Å². The quantitative estimate of drug-likeness (QED) is 0.400. The second-order valence-corrected chi connectivity index (χ2v) is 8.45. The molecule has 1 unspecified atom stereocenters. The monoisotopic (exact) mass is 442 g/mol. The number of amides is 1. The van der Waals surface area contributed by atoms with Crippen LogP contribution in [0.5, 0.6) is 5.75 Å². The van der Waals surface area contributed by atoms with E-state index < -0.39 is 23.5 Å². The number of methoxy groups -OCH3 is 1. The van der Waals surface area contributed by atoms with E-state index in [0.717, 1.165) is 24.1 Å². The maximum absolute atomic E-state index is 13.4. The molecule has 1 N–H and O–H groups in total. The fourth-order valence-corrected chi connectivity index (χ4v) is 4.02. The summed E-state index contributed by atoms with van der Waals surface area (Å²) in [7, 11) is 5.54. The number of nitrogens with zero attached hydrogens (tertiary/aromatic N) is 1. The maximum Gasteiger partial charge on any atom is 0.295 e. The van der Waals surface area contributed by atoms with E-state index in [9.17, 15) is 14.7 Å². The van der Waals surface area contributed by atoms with Crippen molar-refractivity contribution in [3.8, 4) is 5.75 Å². The van der Waals surface area contributed by atoms with Crippen LogP contribution in [0.3, 0.4) is 0 Å². The Hall–Kier alpha value is -2.83. The fraction of sp³-hybridized carbons (Fsp3) is 0.333. The fourth-order valence-electron chi connectivity index (χ4n) is 3.76. The van der Waals surface area contributed by atoms with Crippen LogP contribution in [0.15, 0.2) is 48.0 Å². The normalized spacial score (nSPS) is 18.1. The lowest BCUT2D eigenvalue weighted by Crippen LogP contribution is -3.05. The topological polar surface area (TPSA) is 74.1 Å². The van der Waals surface area contributed by atoms with Crippen LogP contribution in [0.2, 0.25) is 5.02 Å². The molecule has 0 spiro atoms. The zero-order chi connectivity index (χ0) is 22.7. The molecule has 1 heterocycles. The molecule has 2 aromatic rings. The molecular weight excluding hydrogens is 416 g/mol. The molecule has 0 bridgehead atoms. The second-order valence-electron chi connectivity index (χ2n) is 8.04. The predicted octanol–water partition coefficient (Wildman–Crippen LogP) is 1.42. The minimum absolute atomic E-state index is 0.0349. The van der Waals surface area contributed by atoms with Crippen LogP contribution >= 0.6 is 11.6 Å². The van der Waals surface area contributed by atoms with Gasteiger partial charge in [-0.3, -0.25) is 9.59 Å². The Morgan fingerprint density at radius 1 is 1.16 bits per heavy atom. The van der Waals surface area contributed by atoms with Gasteiger partial charge < -0.3 is 19.6 Å². The third kappa shape index (κ3) is 4.75. The number of hydrogen-bond acceptors (Lipinski definition) is 4. The summed E-state index contributed by atoms with van der Waals surface area (Å²) in [4.78, 5) is 28.6. The van der Waals surface area contributed by atoms with E-state index in [0.29, 0.717) is 12.3 Å². The Kier molecular flexibility index (Phi) is 7.03. The summed E-state index contributed by atoms with van der Waals surface area (Å²) in [5.41, 5.74) is 2.01. The number of hydrogen-bond donors (Lipinski definition) is 1. The molecule has 1 saturated heterocycles. The van der Waals surface area contributed by atoms with Crippen LogP contribution in [0.25, 0.3) is 5.76 Å². The molecule has 0 radical (unpaired) electrons. The molecule has 1 atom stereocenters. The number of likely N-dealkylation sites (tertiary alicyclic amines) is 1. The van der Waals surface area contributed by atoms with Crippen LogP contribution in [0.4, 0.5) is 0 Å². The Balaban J connectivity index is 2.10. The van der Waals surface area contributed by atoms with Gasteiger partial charge in [-0.1, -0.05) is 53.3 Å². The Morgan fingerprint density at radius 3 is 2.42 bits per heavy atom. The molecular formula is C24H27ClN2O4. The van der Waals surface area contributed by atoms with E-state index in [2.05, 4.69) is 0 Å². The SMILES string of the molecule is COc1ccc(C([O-])=C2C(=O)C(=O)N(CCC[NH+](C)C)C2c2ccc(C)cc2)cc1Cl. The molecule has 0 aromatic heterocycles. The number of halogens is 1. The average molecular weight is 443 g/mol. The number of benzene rings is 2. The van der Waals surface area contributed by atoms with Crippen LogP contribution < -0.4 is 14.7 Å². The molecule has 7 heteroatoms. The largest absolute Gasteiger partial charge is 0.872 e. The highest BCUT2D eigenvalue weighted by Gasteiger charge is 2.43. The van der Waals surface area contributed by atoms with E-state index in [-0.39, 0.29) is 16.2 Å². The van der Waals surface area contributed by atoms with Crippen molar-refractivity contribution in [3.63, 3.8) is 0 Å². The number of aryl methyl sites for hydroxylation is 1. The highest BCUT2D eigenvalue weighted by molar-refractivity contribution is 6.46. The minimum Gasteiger partial charge on any atom is -0.872 e. The van der Waals surface area contributed by atoms with Crippen LogP contribution in [-0.2, 0) is 9.59 Å². The second kappa shape index (κ2) is 9.54. The standard InChI is InChI=1S/C24H27ClN2O4/c1-15-6-8-16(9-7-15)21-20(22(28)17-10-11-19(31-4)18(25)14-17)23(29)24(30)27(21)13-5-12-26(2)3/h6-11,14,21,28H,5,12-13H2,1-4H3. The van der Waals surface area contributed by atoms with Crippen molar-refractivity contribution < 1.29 is 24.3 Å². The summed E-state index contributed by atoms with van der Waals surface area (Å²) in [6.07, 6.45) is 0.722. The lowest BCUT2D eigenvalue weighted by atomic mass is 9.94. The van der Waals surface area contributed by atoms with Crippen molar-refractivity contribution >= 4 is 29.1 Å². The van der Waals surface area contributed by atoms with Gasteiger partial charge in [0.05, 0.1) is 38.8 Å². The molecule has 6 nitrogen and oxygen atoms in total. The number of ketones is 1. The Labute approximate surface area is 187 Å². The first-order chi connectivity index (χ1) is 14.7. The van der Waals surface area contributed by atoms with Crippen LogP contribution in [-0.4, -0.2) is 50.9 Å². The molecule has 1 amide bonds. The number of Topliss-reactive ketones (excluding diaryl/α,β-unsaturated/α-hetero) is 1. The molecule has 1 fully saturated rings. The molecule has 2 aromatic carbocycles. The van der Waals surface area contributed by atoms with Gasteiger partial charge in [0.2, 0.25) is 5.78 Å². The lowest BCUT2D eigenvalue weighted by Gasteiger charge is -2.28. The predicted molar refractivity (Wildman–Crippen MR) is 118 cm³/mol. The van der Waals surface area contributed by atoms with Crippen molar-refractivity contribution in [1.29, 1.82) is 0 Å². The summed E-state index contributed by atoms with van der Waals surface area (Å²) in [6, 6.07) is 11.4. The first-order valence-corrected chi connectivity index (χ1v) is 10.6. The molecule has 0 saturated carbocycles. The van der Waals surface area contributed by atoms with E-state index in [1.54, 1.807) is 12.1 Å². The first kappa shape index (κ1) is 22.8. The number of quaternary nitrogens is 1. The molecule has 1 aliphatic rings. The summed E-state index contributed by atoms with van der Waals surface area (Å²) < 4.78 is 5.14. The van der Waals surface area contributed by atoms with Gasteiger partial charge in [0.25, 0.3) is 5.91 Å². The minimum atomic E-state index is -0.750. The van der Waals surface area contributed by atoms with Crippen molar-refractivity contribution in [1.82, 2.24) is 4.90 Å². The summed E-state index contributed by atoms with van der Waals surface area (Å²) in [6.45, 7) is 3.20. The van der Waals surface area contributed by atoms with Gasteiger partial charge in [-0.15, -0.1) is 0 Å². The van der Waals surface area contributed by atoms with Crippen LogP contribution in [0, 0.1) is 6.92 Å². The van der Waals surface area contributed by atoms with E-state index in [4.69, 9.17) is 16.3 Å². The van der Waals surface area contributed by atoms with Gasteiger partial charge in [-0.2, -0.15) is 0 Å². The third-order valence-corrected chi connectivity index (χ3v) is 5.71. The van der Waals surface area contributed by atoms with Gasteiger partial charge in [-0.05, 0) is 30.2 Å². The molecule has 3 rings (SSSR count). The van der Waals surface area contributed by atoms with E-state index in [1.165, 1.54) is 23.0 Å². The highest BCUT2D eigenvalue weighted by atomic mass is 35.5. The summed E-state index contributed by atoms with van der Waals surface area (Å²) in [5, 5.41) is 13.7. The number of carbonyl (C=O) groups excluding carboxylic acids is 2. The highest BCUT2D eigenvalue weighted by Crippen LogP contribution is 2.39. The number of ether oxygens (including phenoxy) is 1. The zero-order valence-corrected chi connectivity index (χ0v) is 19.0. The molecule has 164 valence electrons. The Bertz CT molecular complexity index is 1010. The molecule has 1 aliphatic heterocycles. The average Bonchev–Trinajstić information content (AvgIpc) is 2.98. The number of carbonyl (C=O) groups is 2. The molecule has 0 aliphatic carbocycles. The van der Waals surface area contributed by atoms with E-state index in [1.807, 2.05) is 45.3 Å². The van der Waals surface area contributed by atoms with Crippen molar-refractivity contribution in [3.05, 3.63) is 69.8 Å². The molecule has 31 heavy (non-hydrogen) atoms. The van der Waals surface area contributed by atoms with Crippen molar-refractivity contribution in [2.75, 3.05) is 34.3 Å². The van der Waals surface area contributed by atoms with Gasteiger partial charge in [0.1, 0.15) is 5.75 Å². The van der Waals surface area contributed by atoms with Gasteiger partial charge in [-0.25, -0.2) is 0 Å². The van der Waals surface area contributed by atoms with Gasteiger partial charge in [0, 0.05) is 18.5 Å². The van der Waals surface area contributed by atoms with Gasteiger partial charge >= 0.3 is 0 Å². The zero-order valence-electron chi connectivity index (χ0n) is 18.2. The number of rotatable bonds is 7. The smallest absolute Gasteiger partial charge is 0.295 e. The third-order valence-electron chi connectivity index (χ3n) is 5.41. The van der Waals surface area contributed by atoms with Crippen molar-refractivity contribution in [2.24, 2.45) is 0 Å². The summed E-state index contributed by atoms with van der Waals surface area (Å²) >= 11 is 6.19.